The second-order valence-electron chi connectivity index (χ2n) is 6.27. The molecule has 0 aliphatic rings. The summed E-state index contributed by atoms with van der Waals surface area (Å²) in [6.07, 6.45) is 0. The first-order chi connectivity index (χ1) is 12.4. The highest BCUT2D eigenvalue weighted by Crippen LogP contribution is 2.27. The van der Waals surface area contributed by atoms with E-state index in [-0.39, 0.29) is 4.90 Å². The van der Waals surface area contributed by atoms with Gasteiger partial charge in [0.1, 0.15) is 11.5 Å². The zero-order valence-electron chi connectivity index (χ0n) is 14.7. The number of ether oxygens (including phenoxy) is 1. The van der Waals surface area contributed by atoms with Crippen molar-refractivity contribution in [3.8, 4) is 11.5 Å². The summed E-state index contributed by atoms with van der Waals surface area (Å²) in [7, 11) is -3.62. The highest BCUT2D eigenvalue weighted by atomic mass is 32.2. The van der Waals surface area contributed by atoms with Gasteiger partial charge in [0.25, 0.3) is 10.0 Å². The predicted molar refractivity (Wildman–Crippen MR) is 104 cm³/mol. The van der Waals surface area contributed by atoms with E-state index in [0.29, 0.717) is 23.1 Å². The van der Waals surface area contributed by atoms with Gasteiger partial charge in [0, 0.05) is 6.07 Å². The number of sulfonamides is 1. The summed E-state index contributed by atoms with van der Waals surface area (Å²) in [5, 5.41) is 0. The van der Waals surface area contributed by atoms with Crippen molar-refractivity contribution in [1.82, 2.24) is 0 Å². The van der Waals surface area contributed by atoms with Crippen molar-refractivity contribution in [3.63, 3.8) is 0 Å². The van der Waals surface area contributed by atoms with Crippen molar-refractivity contribution < 1.29 is 13.2 Å². The largest absolute Gasteiger partial charge is 0.457 e. The van der Waals surface area contributed by atoms with E-state index >= 15 is 0 Å². The van der Waals surface area contributed by atoms with Crippen LogP contribution in [0.5, 0.6) is 11.5 Å². The van der Waals surface area contributed by atoms with Crippen LogP contribution in [0.4, 0.5) is 5.69 Å². The van der Waals surface area contributed by atoms with Gasteiger partial charge >= 0.3 is 0 Å². The molecule has 0 saturated carbocycles. The average Bonchev–Trinajstić information content (AvgIpc) is 2.63. The lowest BCUT2D eigenvalue weighted by Crippen LogP contribution is -2.12. The molecule has 26 heavy (non-hydrogen) atoms. The number of rotatable bonds is 6. The third-order valence-corrected chi connectivity index (χ3v) is 5.32. The molecule has 4 nitrogen and oxygen atoms in total. The Morgan fingerprint density at radius 3 is 2.15 bits per heavy atom. The van der Waals surface area contributed by atoms with Crippen molar-refractivity contribution in [2.24, 2.45) is 0 Å². The Hall–Kier alpha value is -2.79. The molecule has 0 fully saturated rings. The van der Waals surface area contributed by atoms with E-state index in [1.807, 2.05) is 24.3 Å². The molecule has 3 aromatic rings. The molecule has 134 valence electrons. The van der Waals surface area contributed by atoms with E-state index in [1.165, 1.54) is 5.56 Å². The minimum atomic E-state index is -3.62. The number of nitrogens with one attached hydrogen (secondary N) is 1. The molecule has 0 bridgehead atoms. The van der Waals surface area contributed by atoms with Crippen molar-refractivity contribution in [2.45, 2.75) is 24.7 Å². The van der Waals surface area contributed by atoms with Gasteiger partial charge in [0.05, 0.1) is 10.6 Å². The Morgan fingerprint density at radius 2 is 1.50 bits per heavy atom. The lowest BCUT2D eigenvalue weighted by molar-refractivity contribution is 0.482. The van der Waals surface area contributed by atoms with Gasteiger partial charge < -0.3 is 4.74 Å². The fourth-order valence-corrected chi connectivity index (χ4v) is 3.56. The molecule has 3 rings (SSSR count). The molecule has 0 spiro atoms. The Kier molecular flexibility index (Phi) is 5.28. The molecule has 0 aliphatic heterocycles. The van der Waals surface area contributed by atoms with Gasteiger partial charge in [-0.3, -0.25) is 4.72 Å². The van der Waals surface area contributed by atoms with E-state index in [1.54, 1.807) is 54.6 Å². The molecule has 0 amide bonds. The zero-order chi connectivity index (χ0) is 18.6. The molecule has 0 atom stereocenters. The molecule has 0 aromatic heterocycles. The van der Waals surface area contributed by atoms with Gasteiger partial charge in [-0.1, -0.05) is 50.2 Å². The summed E-state index contributed by atoms with van der Waals surface area (Å²) >= 11 is 0. The molecule has 3 aromatic carbocycles. The van der Waals surface area contributed by atoms with Crippen LogP contribution in [-0.2, 0) is 10.0 Å². The number of hydrogen-bond acceptors (Lipinski definition) is 3. The first-order valence-electron chi connectivity index (χ1n) is 8.40. The molecule has 0 radical (unpaired) electrons. The van der Waals surface area contributed by atoms with Gasteiger partial charge in [-0.2, -0.15) is 0 Å². The van der Waals surface area contributed by atoms with E-state index < -0.39 is 10.0 Å². The molecular formula is C21H21NO3S. The highest BCUT2D eigenvalue weighted by molar-refractivity contribution is 7.92. The third-order valence-electron chi connectivity index (χ3n) is 3.92. The Labute approximate surface area is 154 Å². The van der Waals surface area contributed by atoms with Crippen LogP contribution in [0.25, 0.3) is 0 Å². The van der Waals surface area contributed by atoms with E-state index in [9.17, 15) is 8.42 Å². The van der Waals surface area contributed by atoms with Crippen molar-refractivity contribution in [3.05, 3.63) is 84.4 Å². The van der Waals surface area contributed by atoms with Crippen LogP contribution in [-0.4, -0.2) is 8.42 Å². The lowest BCUT2D eigenvalue weighted by Gasteiger charge is -2.11. The zero-order valence-corrected chi connectivity index (χ0v) is 15.5. The molecule has 5 heteroatoms. The highest BCUT2D eigenvalue weighted by Gasteiger charge is 2.13. The molecule has 0 unspecified atom stereocenters. The van der Waals surface area contributed by atoms with Gasteiger partial charge in [0.15, 0.2) is 0 Å². The van der Waals surface area contributed by atoms with Crippen molar-refractivity contribution in [2.75, 3.05) is 4.72 Å². The summed E-state index contributed by atoms with van der Waals surface area (Å²) in [6.45, 7) is 4.27. The van der Waals surface area contributed by atoms with Gasteiger partial charge in [-0.05, 0) is 47.9 Å². The third kappa shape index (κ3) is 4.43. The Balaban J connectivity index is 1.76. The van der Waals surface area contributed by atoms with Crippen molar-refractivity contribution in [1.29, 1.82) is 0 Å². The second kappa shape index (κ2) is 7.62. The molecule has 0 saturated heterocycles. The number of benzene rings is 3. The topological polar surface area (TPSA) is 55.4 Å². The van der Waals surface area contributed by atoms with Crippen LogP contribution in [0, 0.1) is 0 Å². The Morgan fingerprint density at radius 1 is 0.808 bits per heavy atom. The minimum absolute atomic E-state index is 0.218. The monoisotopic (exact) mass is 367 g/mol. The average molecular weight is 367 g/mol. The van der Waals surface area contributed by atoms with Crippen LogP contribution >= 0.6 is 0 Å². The van der Waals surface area contributed by atoms with E-state index in [4.69, 9.17) is 4.74 Å². The maximum absolute atomic E-state index is 12.4. The summed E-state index contributed by atoms with van der Waals surface area (Å²) in [4.78, 5) is 0.218. The fourth-order valence-electron chi connectivity index (χ4n) is 2.49. The summed E-state index contributed by atoms with van der Waals surface area (Å²) in [6, 6.07) is 23.0. The van der Waals surface area contributed by atoms with Gasteiger partial charge in [0.2, 0.25) is 0 Å². The Bertz CT molecular complexity index is 966. The fraction of sp³-hybridized carbons (Fsp3) is 0.143. The molecular weight excluding hydrogens is 346 g/mol. The predicted octanol–water partition coefficient (Wildman–Crippen LogP) is 5.40. The smallest absolute Gasteiger partial charge is 0.261 e. The molecule has 1 N–H and O–H groups in total. The maximum atomic E-state index is 12.4. The second-order valence-corrected chi connectivity index (χ2v) is 7.95. The van der Waals surface area contributed by atoms with Gasteiger partial charge in [-0.15, -0.1) is 0 Å². The normalized spacial score (nSPS) is 11.3. The molecule has 0 aliphatic carbocycles. The van der Waals surface area contributed by atoms with Crippen LogP contribution in [0.3, 0.4) is 0 Å². The van der Waals surface area contributed by atoms with Crippen LogP contribution in [0.1, 0.15) is 25.3 Å². The quantitative estimate of drug-likeness (QED) is 0.634. The van der Waals surface area contributed by atoms with Crippen LogP contribution < -0.4 is 9.46 Å². The summed E-state index contributed by atoms with van der Waals surface area (Å²) in [5.74, 6) is 1.73. The maximum Gasteiger partial charge on any atom is 0.261 e. The minimum Gasteiger partial charge on any atom is -0.457 e. The number of anilines is 1. The van der Waals surface area contributed by atoms with Crippen LogP contribution in [0.2, 0.25) is 0 Å². The SMILES string of the molecule is CC(C)c1ccc(Oc2cccc(NS(=O)(=O)c3ccccc3)c2)cc1. The van der Waals surface area contributed by atoms with Crippen molar-refractivity contribution >= 4 is 15.7 Å². The first kappa shape index (κ1) is 18.0. The van der Waals surface area contributed by atoms with Crippen LogP contribution in [0.15, 0.2) is 83.8 Å². The van der Waals surface area contributed by atoms with Gasteiger partial charge in [-0.25, -0.2) is 8.42 Å². The van der Waals surface area contributed by atoms with E-state index in [2.05, 4.69) is 18.6 Å². The molecule has 0 heterocycles. The van der Waals surface area contributed by atoms with E-state index in [0.717, 1.165) is 0 Å². The lowest BCUT2D eigenvalue weighted by atomic mass is 10.0. The number of hydrogen-bond donors (Lipinski definition) is 1. The first-order valence-corrected chi connectivity index (χ1v) is 9.88. The standard InChI is InChI=1S/C21H21NO3S/c1-16(2)17-11-13-19(14-12-17)25-20-8-6-7-18(15-20)22-26(23,24)21-9-4-3-5-10-21/h3-16,22H,1-2H3. The summed E-state index contributed by atoms with van der Waals surface area (Å²) in [5.41, 5.74) is 1.69. The summed E-state index contributed by atoms with van der Waals surface area (Å²) < 4.78 is 33.3.